The van der Waals surface area contributed by atoms with Crippen LogP contribution >= 0.6 is 0 Å². The number of nitro benzene ring substituents is 1. The van der Waals surface area contributed by atoms with E-state index in [1.807, 2.05) is 39.1 Å². The van der Waals surface area contributed by atoms with E-state index in [0.29, 0.717) is 5.75 Å². The zero-order valence-electron chi connectivity index (χ0n) is 12.3. The predicted molar refractivity (Wildman–Crippen MR) is 81.9 cm³/mol. The van der Waals surface area contributed by atoms with Gasteiger partial charge in [-0.1, -0.05) is 18.2 Å². The highest BCUT2D eigenvalue weighted by Gasteiger charge is 2.16. The Morgan fingerprint density at radius 1 is 1.14 bits per heavy atom. The van der Waals surface area contributed by atoms with Crippen LogP contribution in [0.5, 0.6) is 11.5 Å². The third-order valence-electron chi connectivity index (χ3n) is 3.15. The van der Waals surface area contributed by atoms with Gasteiger partial charge in [0.25, 0.3) is 0 Å². The van der Waals surface area contributed by atoms with E-state index in [1.54, 1.807) is 12.1 Å². The second-order valence-electron chi connectivity index (χ2n) is 4.96. The van der Waals surface area contributed by atoms with Crippen LogP contribution in [0.2, 0.25) is 0 Å². The largest absolute Gasteiger partial charge is 0.450 e. The fourth-order valence-electron chi connectivity index (χ4n) is 2.11. The Labute approximate surface area is 123 Å². The van der Waals surface area contributed by atoms with E-state index in [1.165, 1.54) is 6.07 Å². The lowest BCUT2D eigenvalue weighted by atomic mass is 10.1. The molecule has 0 unspecified atom stereocenters. The van der Waals surface area contributed by atoms with Crippen LogP contribution in [0.15, 0.2) is 36.4 Å². The number of hydrogen-bond acceptors (Lipinski definition) is 4. The second kappa shape index (κ2) is 6.37. The molecule has 110 valence electrons. The summed E-state index contributed by atoms with van der Waals surface area (Å²) in [7, 11) is 1.88. The molecular formula is C16H18N2O3. The summed E-state index contributed by atoms with van der Waals surface area (Å²) in [5.41, 5.74) is 2.89. The van der Waals surface area contributed by atoms with Crippen molar-refractivity contribution in [3.63, 3.8) is 0 Å². The molecule has 0 atom stereocenters. The van der Waals surface area contributed by atoms with Crippen molar-refractivity contribution < 1.29 is 9.66 Å². The molecule has 0 aliphatic carbocycles. The SMILES string of the molecule is CNCc1ccc(Oc2ccc(C)cc2[N+](=O)[O-])c(C)c1. The summed E-state index contributed by atoms with van der Waals surface area (Å²) < 4.78 is 5.73. The minimum Gasteiger partial charge on any atom is -0.450 e. The van der Waals surface area contributed by atoms with Crippen LogP contribution < -0.4 is 10.1 Å². The van der Waals surface area contributed by atoms with E-state index in [4.69, 9.17) is 4.74 Å². The molecule has 0 radical (unpaired) electrons. The molecule has 0 saturated carbocycles. The summed E-state index contributed by atoms with van der Waals surface area (Å²) in [5, 5.41) is 14.2. The summed E-state index contributed by atoms with van der Waals surface area (Å²) in [6, 6.07) is 10.7. The Morgan fingerprint density at radius 2 is 1.86 bits per heavy atom. The summed E-state index contributed by atoms with van der Waals surface area (Å²) in [6.45, 7) is 4.51. The van der Waals surface area contributed by atoms with Gasteiger partial charge in [-0.25, -0.2) is 0 Å². The highest BCUT2D eigenvalue weighted by Crippen LogP contribution is 2.33. The van der Waals surface area contributed by atoms with Gasteiger partial charge in [-0.05, 0) is 49.7 Å². The standard InChI is InChI=1S/C16H18N2O3/c1-11-4-6-16(14(8-11)18(19)20)21-15-7-5-13(10-17-3)9-12(15)2/h4-9,17H,10H2,1-3H3. The third-order valence-corrected chi connectivity index (χ3v) is 3.15. The highest BCUT2D eigenvalue weighted by molar-refractivity contribution is 5.51. The zero-order valence-corrected chi connectivity index (χ0v) is 12.3. The van der Waals surface area contributed by atoms with Crippen molar-refractivity contribution in [2.75, 3.05) is 7.05 Å². The number of nitro groups is 1. The molecule has 0 aliphatic rings. The van der Waals surface area contributed by atoms with E-state index >= 15 is 0 Å². The monoisotopic (exact) mass is 286 g/mol. The summed E-state index contributed by atoms with van der Waals surface area (Å²) in [5.74, 6) is 0.886. The van der Waals surface area contributed by atoms with Crippen molar-refractivity contribution in [2.45, 2.75) is 20.4 Å². The highest BCUT2D eigenvalue weighted by atomic mass is 16.6. The van der Waals surface area contributed by atoms with Gasteiger partial charge in [-0.3, -0.25) is 10.1 Å². The Bertz CT molecular complexity index is 669. The maximum Gasteiger partial charge on any atom is 0.311 e. The minimum absolute atomic E-state index is 0.0197. The first-order chi connectivity index (χ1) is 10.0. The van der Waals surface area contributed by atoms with Crippen LogP contribution in [-0.2, 0) is 6.54 Å². The molecule has 0 saturated heterocycles. The molecule has 1 N–H and O–H groups in total. The van der Waals surface area contributed by atoms with Crippen LogP contribution in [0.25, 0.3) is 0 Å². The van der Waals surface area contributed by atoms with E-state index in [-0.39, 0.29) is 11.4 Å². The van der Waals surface area contributed by atoms with Gasteiger partial charge in [-0.15, -0.1) is 0 Å². The second-order valence-corrected chi connectivity index (χ2v) is 4.96. The molecule has 5 nitrogen and oxygen atoms in total. The van der Waals surface area contributed by atoms with Gasteiger partial charge in [0, 0.05) is 12.6 Å². The number of nitrogens with zero attached hydrogens (tertiary/aromatic N) is 1. The first-order valence-electron chi connectivity index (χ1n) is 6.68. The molecule has 0 amide bonds. The lowest BCUT2D eigenvalue weighted by Crippen LogP contribution is -2.05. The molecule has 21 heavy (non-hydrogen) atoms. The Morgan fingerprint density at radius 3 is 2.48 bits per heavy atom. The van der Waals surface area contributed by atoms with Crippen LogP contribution in [-0.4, -0.2) is 12.0 Å². The van der Waals surface area contributed by atoms with Gasteiger partial charge in [0.1, 0.15) is 5.75 Å². The smallest absolute Gasteiger partial charge is 0.311 e. The topological polar surface area (TPSA) is 64.4 Å². The number of hydrogen-bond donors (Lipinski definition) is 1. The molecule has 2 aromatic rings. The molecule has 5 heteroatoms. The van der Waals surface area contributed by atoms with Gasteiger partial charge in [0.05, 0.1) is 4.92 Å². The van der Waals surface area contributed by atoms with Crippen LogP contribution in [0.3, 0.4) is 0 Å². The maximum absolute atomic E-state index is 11.1. The molecule has 0 aliphatic heterocycles. The molecule has 0 aromatic heterocycles. The van der Waals surface area contributed by atoms with E-state index in [9.17, 15) is 10.1 Å². The Balaban J connectivity index is 2.32. The molecule has 0 bridgehead atoms. The number of nitrogens with one attached hydrogen (secondary N) is 1. The van der Waals surface area contributed by atoms with Gasteiger partial charge in [0.2, 0.25) is 5.75 Å². The van der Waals surface area contributed by atoms with Crippen LogP contribution in [0.1, 0.15) is 16.7 Å². The molecule has 0 heterocycles. The molecule has 0 spiro atoms. The Kier molecular flexibility index (Phi) is 4.55. The Hall–Kier alpha value is -2.40. The quantitative estimate of drug-likeness (QED) is 0.672. The van der Waals surface area contributed by atoms with Gasteiger partial charge >= 0.3 is 5.69 Å². The fraction of sp³-hybridized carbons (Fsp3) is 0.250. The zero-order chi connectivity index (χ0) is 15.4. The maximum atomic E-state index is 11.1. The normalized spacial score (nSPS) is 10.4. The van der Waals surface area contributed by atoms with E-state index in [2.05, 4.69) is 5.32 Å². The van der Waals surface area contributed by atoms with Crippen LogP contribution in [0, 0.1) is 24.0 Å². The average molecular weight is 286 g/mol. The minimum atomic E-state index is -0.424. The first kappa shape index (κ1) is 15.0. The lowest BCUT2D eigenvalue weighted by Gasteiger charge is -2.11. The summed E-state index contributed by atoms with van der Waals surface area (Å²) in [6.07, 6.45) is 0. The average Bonchev–Trinajstić information content (AvgIpc) is 2.43. The van der Waals surface area contributed by atoms with Crippen molar-refractivity contribution in [1.29, 1.82) is 0 Å². The van der Waals surface area contributed by atoms with Crippen LogP contribution in [0.4, 0.5) is 5.69 Å². The predicted octanol–water partition coefficient (Wildman–Crippen LogP) is 3.72. The number of rotatable bonds is 5. The molecule has 0 fully saturated rings. The number of ether oxygens (including phenoxy) is 1. The molecular weight excluding hydrogens is 268 g/mol. The first-order valence-corrected chi connectivity index (χ1v) is 6.68. The van der Waals surface area contributed by atoms with Crippen molar-refractivity contribution in [3.8, 4) is 11.5 Å². The molecule has 2 aromatic carbocycles. The fourth-order valence-corrected chi connectivity index (χ4v) is 2.11. The third kappa shape index (κ3) is 3.58. The van der Waals surface area contributed by atoms with Gasteiger partial charge < -0.3 is 10.1 Å². The van der Waals surface area contributed by atoms with E-state index in [0.717, 1.165) is 23.2 Å². The summed E-state index contributed by atoms with van der Waals surface area (Å²) >= 11 is 0. The molecule has 2 rings (SSSR count). The van der Waals surface area contributed by atoms with Gasteiger partial charge in [0.15, 0.2) is 0 Å². The lowest BCUT2D eigenvalue weighted by molar-refractivity contribution is -0.385. The number of aryl methyl sites for hydroxylation is 2. The summed E-state index contributed by atoms with van der Waals surface area (Å²) in [4.78, 5) is 10.7. The van der Waals surface area contributed by atoms with E-state index < -0.39 is 4.92 Å². The van der Waals surface area contributed by atoms with Crippen molar-refractivity contribution in [2.24, 2.45) is 0 Å². The van der Waals surface area contributed by atoms with Crippen molar-refractivity contribution in [1.82, 2.24) is 5.32 Å². The van der Waals surface area contributed by atoms with Crippen molar-refractivity contribution in [3.05, 3.63) is 63.2 Å². The number of benzene rings is 2. The van der Waals surface area contributed by atoms with Crippen molar-refractivity contribution >= 4 is 5.69 Å². The van der Waals surface area contributed by atoms with Gasteiger partial charge in [-0.2, -0.15) is 0 Å².